The number of hydrogen-bond acceptors (Lipinski definition) is 6. The normalized spacial score (nSPS) is 16.5. The maximum Gasteiger partial charge on any atom is 0.274 e. The number of likely N-dealkylation sites (tertiary alicyclic amines) is 1. The number of carbonyl (C=O) groups is 1. The Hall–Kier alpha value is -2.83. The third kappa shape index (κ3) is 5.12. The van der Waals surface area contributed by atoms with Gasteiger partial charge in [0.1, 0.15) is 23.9 Å². The third-order valence-electron chi connectivity index (χ3n) is 4.98. The first-order valence-corrected chi connectivity index (χ1v) is 9.86. The average Bonchev–Trinajstić information content (AvgIpc) is 2.77. The molecule has 1 aromatic heterocycles. The van der Waals surface area contributed by atoms with E-state index in [0.717, 1.165) is 37.3 Å². The maximum atomic E-state index is 12.7. The van der Waals surface area contributed by atoms with Crippen molar-refractivity contribution in [3.63, 3.8) is 0 Å². The van der Waals surface area contributed by atoms with Crippen LogP contribution in [0.25, 0.3) is 0 Å². The van der Waals surface area contributed by atoms with E-state index < -0.39 is 0 Å². The molecule has 150 valence electrons. The number of piperidine rings is 1. The zero-order valence-electron chi connectivity index (χ0n) is 16.6. The fraction of sp³-hybridized carbons (Fsp3) is 0.476. The second kappa shape index (κ2) is 9.92. The highest BCUT2D eigenvalue weighted by Gasteiger charge is 2.27. The molecule has 0 aliphatic carbocycles. The zero-order chi connectivity index (χ0) is 19.8. The van der Waals surface area contributed by atoms with Crippen LogP contribution in [-0.2, 0) is 0 Å². The van der Waals surface area contributed by atoms with Crippen LogP contribution >= 0.6 is 0 Å². The Kier molecular flexibility index (Phi) is 7.06. The molecule has 1 amide bonds. The van der Waals surface area contributed by atoms with E-state index in [4.69, 9.17) is 9.47 Å². The fourth-order valence-corrected chi connectivity index (χ4v) is 3.40. The molecule has 0 saturated carbocycles. The number of nitrogens with zero attached hydrogens (tertiary/aromatic N) is 3. The number of hydrogen-bond donors (Lipinski definition) is 1. The molecule has 1 fully saturated rings. The minimum absolute atomic E-state index is 0.0200. The number of aromatic nitrogens is 2. The van der Waals surface area contributed by atoms with Gasteiger partial charge in [0.2, 0.25) is 0 Å². The number of nitrogens with one attached hydrogen (secondary N) is 1. The summed E-state index contributed by atoms with van der Waals surface area (Å²) in [7, 11) is 1.63. The number of benzene rings is 1. The van der Waals surface area contributed by atoms with Gasteiger partial charge in [-0.15, -0.1) is 10.2 Å². The van der Waals surface area contributed by atoms with Gasteiger partial charge in [-0.25, -0.2) is 0 Å². The summed E-state index contributed by atoms with van der Waals surface area (Å²) in [5, 5.41) is 11.4. The Bertz CT molecular complexity index is 749. The summed E-state index contributed by atoms with van der Waals surface area (Å²) in [6.07, 6.45) is 4.30. The fourth-order valence-electron chi connectivity index (χ4n) is 3.40. The lowest BCUT2D eigenvalue weighted by atomic mass is 9.99. The van der Waals surface area contributed by atoms with E-state index in [1.54, 1.807) is 19.2 Å². The van der Waals surface area contributed by atoms with Gasteiger partial charge in [-0.1, -0.05) is 6.92 Å². The number of anilines is 1. The van der Waals surface area contributed by atoms with Gasteiger partial charge in [-0.3, -0.25) is 4.79 Å². The number of methoxy groups -OCH3 is 1. The van der Waals surface area contributed by atoms with E-state index in [2.05, 4.69) is 22.4 Å². The second-order valence-electron chi connectivity index (χ2n) is 6.81. The third-order valence-corrected chi connectivity index (χ3v) is 4.98. The highest BCUT2D eigenvalue weighted by Crippen LogP contribution is 2.21. The molecule has 1 unspecified atom stereocenters. The Morgan fingerprint density at radius 2 is 1.93 bits per heavy atom. The Morgan fingerprint density at radius 1 is 1.14 bits per heavy atom. The van der Waals surface area contributed by atoms with Crippen molar-refractivity contribution < 1.29 is 14.3 Å². The average molecular weight is 384 g/mol. The summed E-state index contributed by atoms with van der Waals surface area (Å²) >= 11 is 0. The van der Waals surface area contributed by atoms with Crippen LogP contribution in [-0.4, -0.2) is 53.9 Å². The second-order valence-corrected chi connectivity index (χ2v) is 6.81. The van der Waals surface area contributed by atoms with Gasteiger partial charge in [-0.2, -0.15) is 0 Å². The lowest BCUT2D eigenvalue weighted by Gasteiger charge is -2.34. The Labute approximate surface area is 166 Å². The molecule has 0 bridgehead atoms. The summed E-state index contributed by atoms with van der Waals surface area (Å²) in [6, 6.07) is 11.3. The summed E-state index contributed by atoms with van der Waals surface area (Å²) in [5.74, 6) is 2.18. The molecule has 2 heterocycles. The first kappa shape index (κ1) is 19.9. The molecule has 1 atom stereocenters. The largest absolute Gasteiger partial charge is 0.497 e. The first-order chi connectivity index (χ1) is 13.7. The molecule has 1 aromatic carbocycles. The van der Waals surface area contributed by atoms with Crippen molar-refractivity contribution in [3.8, 4) is 11.5 Å². The maximum absolute atomic E-state index is 12.7. The van der Waals surface area contributed by atoms with E-state index in [1.165, 1.54) is 6.42 Å². The van der Waals surface area contributed by atoms with Gasteiger partial charge >= 0.3 is 0 Å². The van der Waals surface area contributed by atoms with Gasteiger partial charge in [0, 0.05) is 12.6 Å². The van der Waals surface area contributed by atoms with Gasteiger partial charge < -0.3 is 19.7 Å². The number of ether oxygens (including phenoxy) is 2. The van der Waals surface area contributed by atoms with Crippen molar-refractivity contribution in [1.29, 1.82) is 0 Å². The van der Waals surface area contributed by atoms with Gasteiger partial charge in [-0.05, 0) is 62.1 Å². The van der Waals surface area contributed by atoms with Crippen LogP contribution in [0.3, 0.4) is 0 Å². The van der Waals surface area contributed by atoms with Crippen molar-refractivity contribution in [1.82, 2.24) is 15.1 Å². The minimum Gasteiger partial charge on any atom is -0.497 e. The SMILES string of the molecule is CCC1CCCCN1C(=O)c1ccc(NCCOc2ccc(OC)cc2)nn1. The van der Waals surface area contributed by atoms with E-state index >= 15 is 0 Å². The highest BCUT2D eigenvalue weighted by atomic mass is 16.5. The van der Waals surface area contributed by atoms with Gasteiger partial charge in [0.15, 0.2) is 5.69 Å². The monoisotopic (exact) mass is 384 g/mol. The first-order valence-electron chi connectivity index (χ1n) is 9.86. The molecule has 28 heavy (non-hydrogen) atoms. The zero-order valence-corrected chi connectivity index (χ0v) is 16.6. The number of amides is 1. The molecule has 7 heteroatoms. The predicted octanol–water partition coefficient (Wildman–Crippen LogP) is 3.38. The topological polar surface area (TPSA) is 76.6 Å². The van der Waals surface area contributed by atoms with Crippen molar-refractivity contribution in [2.24, 2.45) is 0 Å². The standard InChI is InChI=1S/C21H28N4O3/c1-3-16-6-4-5-14-25(16)21(26)19-11-12-20(24-23-19)22-13-15-28-18-9-7-17(27-2)8-10-18/h7-12,16H,3-6,13-15H2,1-2H3,(H,22,24). The van der Waals surface area contributed by atoms with Crippen LogP contribution in [0.2, 0.25) is 0 Å². The van der Waals surface area contributed by atoms with Crippen LogP contribution in [0.1, 0.15) is 43.1 Å². The Balaban J connectivity index is 1.46. The highest BCUT2D eigenvalue weighted by molar-refractivity contribution is 5.92. The van der Waals surface area contributed by atoms with Crippen LogP contribution in [0, 0.1) is 0 Å². The lowest BCUT2D eigenvalue weighted by Crippen LogP contribution is -2.43. The molecular weight excluding hydrogens is 356 g/mol. The smallest absolute Gasteiger partial charge is 0.274 e. The van der Waals surface area contributed by atoms with Crippen LogP contribution < -0.4 is 14.8 Å². The van der Waals surface area contributed by atoms with E-state index in [0.29, 0.717) is 30.7 Å². The van der Waals surface area contributed by atoms with E-state index in [-0.39, 0.29) is 5.91 Å². The molecule has 0 radical (unpaired) electrons. The molecule has 0 spiro atoms. The molecular formula is C21H28N4O3. The van der Waals surface area contributed by atoms with Crippen molar-refractivity contribution in [2.75, 3.05) is 32.1 Å². The van der Waals surface area contributed by atoms with E-state index in [1.807, 2.05) is 29.2 Å². The minimum atomic E-state index is -0.0200. The quantitative estimate of drug-likeness (QED) is 0.703. The van der Waals surface area contributed by atoms with Crippen molar-refractivity contribution in [2.45, 2.75) is 38.6 Å². The van der Waals surface area contributed by atoms with Crippen LogP contribution in [0.4, 0.5) is 5.82 Å². The molecule has 3 rings (SSSR count). The Morgan fingerprint density at radius 3 is 2.61 bits per heavy atom. The molecule has 1 saturated heterocycles. The summed E-state index contributed by atoms with van der Waals surface area (Å²) in [6.45, 7) is 4.00. The summed E-state index contributed by atoms with van der Waals surface area (Å²) < 4.78 is 10.8. The predicted molar refractivity (Wildman–Crippen MR) is 108 cm³/mol. The molecule has 1 N–H and O–H groups in total. The lowest BCUT2D eigenvalue weighted by molar-refractivity contribution is 0.0601. The molecule has 7 nitrogen and oxygen atoms in total. The van der Waals surface area contributed by atoms with Crippen molar-refractivity contribution in [3.05, 3.63) is 42.1 Å². The van der Waals surface area contributed by atoms with Crippen LogP contribution in [0.15, 0.2) is 36.4 Å². The molecule has 1 aliphatic rings. The number of rotatable bonds is 8. The van der Waals surface area contributed by atoms with Crippen molar-refractivity contribution >= 4 is 11.7 Å². The van der Waals surface area contributed by atoms with Gasteiger partial charge in [0.05, 0.1) is 13.7 Å². The van der Waals surface area contributed by atoms with Gasteiger partial charge in [0.25, 0.3) is 5.91 Å². The van der Waals surface area contributed by atoms with Crippen LogP contribution in [0.5, 0.6) is 11.5 Å². The summed E-state index contributed by atoms with van der Waals surface area (Å²) in [5.41, 5.74) is 0.403. The molecule has 2 aromatic rings. The number of carbonyl (C=O) groups excluding carboxylic acids is 1. The summed E-state index contributed by atoms with van der Waals surface area (Å²) in [4.78, 5) is 14.7. The van der Waals surface area contributed by atoms with E-state index in [9.17, 15) is 4.79 Å². The molecule has 1 aliphatic heterocycles.